The molecule has 0 aliphatic carbocycles. The average molecular weight is 299 g/mol. The van der Waals surface area contributed by atoms with Gasteiger partial charge in [-0.05, 0) is 36.4 Å². The molecule has 0 aliphatic heterocycles. The van der Waals surface area contributed by atoms with Crippen molar-refractivity contribution in [1.82, 2.24) is 14.8 Å². The number of aromatic nitrogens is 3. The molecule has 6 heteroatoms. The number of carbonyl (C=O) groups is 1. The van der Waals surface area contributed by atoms with Crippen LogP contribution in [0, 0.1) is 0 Å². The van der Waals surface area contributed by atoms with Crippen molar-refractivity contribution in [3.63, 3.8) is 0 Å². The first kappa shape index (κ1) is 13.3. The van der Waals surface area contributed by atoms with Crippen molar-refractivity contribution >= 4 is 23.3 Å². The van der Waals surface area contributed by atoms with E-state index >= 15 is 0 Å². The Hall–Kier alpha value is -2.66. The highest BCUT2D eigenvalue weighted by molar-refractivity contribution is 6.30. The lowest BCUT2D eigenvalue weighted by atomic mass is 10.2. The molecule has 1 aromatic carbocycles. The minimum atomic E-state index is -0.237. The summed E-state index contributed by atoms with van der Waals surface area (Å²) >= 11 is 5.76. The van der Waals surface area contributed by atoms with Gasteiger partial charge in [0.2, 0.25) is 0 Å². The van der Waals surface area contributed by atoms with Gasteiger partial charge in [-0.25, -0.2) is 9.67 Å². The van der Waals surface area contributed by atoms with Crippen LogP contribution in [0.1, 0.15) is 10.4 Å². The van der Waals surface area contributed by atoms with Crippen LogP contribution in [-0.2, 0) is 0 Å². The van der Waals surface area contributed by atoms with Gasteiger partial charge in [0.25, 0.3) is 5.91 Å². The van der Waals surface area contributed by atoms with Crippen molar-refractivity contribution in [2.24, 2.45) is 0 Å². The SMILES string of the molecule is O=C(Nc1ccc(Cl)cn1)c1cccc(-n2cccn2)c1. The molecule has 0 fully saturated rings. The smallest absolute Gasteiger partial charge is 0.256 e. The predicted molar refractivity (Wildman–Crippen MR) is 80.8 cm³/mol. The van der Waals surface area contributed by atoms with Crippen LogP contribution in [0.25, 0.3) is 5.69 Å². The molecule has 3 rings (SSSR count). The largest absolute Gasteiger partial charge is 0.307 e. The van der Waals surface area contributed by atoms with Gasteiger partial charge in [0, 0.05) is 24.2 Å². The summed E-state index contributed by atoms with van der Waals surface area (Å²) in [7, 11) is 0. The zero-order chi connectivity index (χ0) is 14.7. The van der Waals surface area contributed by atoms with E-state index < -0.39 is 0 Å². The molecular formula is C15H11ClN4O. The number of benzene rings is 1. The molecule has 0 unspecified atom stereocenters. The summed E-state index contributed by atoms with van der Waals surface area (Å²) < 4.78 is 1.69. The number of hydrogen-bond acceptors (Lipinski definition) is 3. The predicted octanol–water partition coefficient (Wildman–Crippen LogP) is 3.17. The zero-order valence-electron chi connectivity index (χ0n) is 10.9. The molecular weight excluding hydrogens is 288 g/mol. The van der Waals surface area contributed by atoms with Crippen molar-refractivity contribution in [1.29, 1.82) is 0 Å². The Bertz CT molecular complexity index is 754. The quantitative estimate of drug-likeness (QED) is 0.808. The Morgan fingerprint density at radius 1 is 1.19 bits per heavy atom. The molecule has 104 valence electrons. The van der Waals surface area contributed by atoms with Gasteiger partial charge in [0.1, 0.15) is 5.82 Å². The minimum Gasteiger partial charge on any atom is -0.307 e. The summed E-state index contributed by atoms with van der Waals surface area (Å²) in [5.41, 5.74) is 1.34. The number of hydrogen-bond donors (Lipinski definition) is 1. The number of rotatable bonds is 3. The highest BCUT2D eigenvalue weighted by Crippen LogP contribution is 2.13. The second kappa shape index (κ2) is 5.76. The third-order valence-corrected chi connectivity index (χ3v) is 3.07. The van der Waals surface area contributed by atoms with Crippen LogP contribution >= 0.6 is 11.6 Å². The highest BCUT2D eigenvalue weighted by Gasteiger charge is 2.08. The molecule has 2 aromatic heterocycles. The first-order valence-corrected chi connectivity index (χ1v) is 6.63. The van der Waals surface area contributed by atoms with Gasteiger partial charge in [-0.15, -0.1) is 0 Å². The molecule has 1 N–H and O–H groups in total. The van der Waals surface area contributed by atoms with E-state index in [-0.39, 0.29) is 5.91 Å². The molecule has 0 saturated heterocycles. The zero-order valence-corrected chi connectivity index (χ0v) is 11.7. The van der Waals surface area contributed by atoms with Crippen LogP contribution in [0.5, 0.6) is 0 Å². The Balaban J connectivity index is 1.81. The van der Waals surface area contributed by atoms with Crippen molar-refractivity contribution in [3.8, 4) is 5.69 Å². The third kappa shape index (κ3) is 3.09. The fraction of sp³-hybridized carbons (Fsp3) is 0. The van der Waals surface area contributed by atoms with Gasteiger partial charge in [-0.3, -0.25) is 4.79 Å². The fourth-order valence-corrected chi connectivity index (χ4v) is 1.96. The lowest BCUT2D eigenvalue weighted by Gasteiger charge is -2.06. The van der Waals surface area contributed by atoms with E-state index in [0.29, 0.717) is 16.4 Å². The number of halogens is 1. The number of nitrogens with one attached hydrogen (secondary N) is 1. The van der Waals surface area contributed by atoms with Crippen LogP contribution in [0.3, 0.4) is 0 Å². The van der Waals surface area contributed by atoms with Crippen LogP contribution in [0.15, 0.2) is 61.1 Å². The Labute approximate surface area is 126 Å². The standard InChI is InChI=1S/C15H11ClN4O/c16-12-5-6-14(17-10-12)19-15(21)11-3-1-4-13(9-11)20-8-2-7-18-20/h1-10H,(H,17,19,21). The topological polar surface area (TPSA) is 59.8 Å². The number of nitrogens with zero attached hydrogens (tertiary/aromatic N) is 3. The van der Waals surface area contributed by atoms with E-state index in [0.717, 1.165) is 5.69 Å². The van der Waals surface area contributed by atoms with Gasteiger partial charge < -0.3 is 5.32 Å². The molecule has 1 amide bonds. The Morgan fingerprint density at radius 3 is 2.81 bits per heavy atom. The van der Waals surface area contributed by atoms with Crippen LogP contribution in [0.2, 0.25) is 5.02 Å². The van der Waals surface area contributed by atoms with E-state index in [1.54, 1.807) is 41.2 Å². The normalized spacial score (nSPS) is 10.3. The average Bonchev–Trinajstić information content (AvgIpc) is 3.04. The molecule has 3 aromatic rings. The van der Waals surface area contributed by atoms with Gasteiger partial charge in [0.15, 0.2) is 0 Å². The second-order valence-corrected chi connectivity index (χ2v) is 4.75. The summed E-state index contributed by atoms with van der Waals surface area (Å²) in [4.78, 5) is 16.2. The number of pyridine rings is 1. The molecule has 2 heterocycles. The summed E-state index contributed by atoms with van der Waals surface area (Å²) in [6, 6.07) is 12.3. The van der Waals surface area contributed by atoms with Gasteiger partial charge in [0.05, 0.1) is 10.7 Å². The van der Waals surface area contributed by atoms with Gasteiger partial charge >= 0.3 is 0 Å². The summed E-state index contributed by atoms with van der Waals surface area (Å²) in [5.74, 6) is 0.215. The maximum Gasteiger partial charge on any atom is 0.256 e. The first-order valence-electron chi connectivity index (χ1n) is 6.25. The monoisotopic (exact) mass is 298 g/mol. The minimum absolute atomic E-state index is 0.237. The maximum absolute atomic E-state index is 12.2. The molecule has 0 aliphatic rings. The van der Waals surface area contributed by atoms with Crippen LogP contribution in [0.4, 0.5) is 5.82 Å². The van der Waals surface area contributed by atoms with Gasteiger partial charge in [-0.1, -0.05) is 17.7 Å². The van der Waals surface area contributed by atoms with E-state index in [1.807, 2.05) is 18.3 Å². The van der Waals surface area contributed by atoms with Crippen molar-refractivity contribution < 1.29 is 4.79 Å². The van der Waals surface area contributed by atoms with E-state index in [2.05, 4.69) is 15.4 Å². The van der Waals surface area contributed by atoms with Crippen molar-refractivity contribution in [3.05, 3.63) is 71.6 Å². The molecule has 0 spiro atoms. The van der Waals surface area contributed by atoms with Crippen molar-refractivity contribution in [2.45, 2.75) is 0 Å². The second-order valence-electron chi connectivity index (χ2n) is 4.32. The third-order valence-electron chi connectivity index (χ3n) is 2.85. The molecule has 21 heavy (non-hydrogen) atoms. The van der Waals surface area contributed by atoms with E-state index in [4.69, 9.17) is 11.6 Å². The summed E-state index contributed by atoms with van der Waals surface area (Å²) in [6.45, 7) is 0. The number of carbonyl (C=O) groups excluding carboxylic acids is 1. The lowest BCUT2D eigenvalue weighted by molar-refractivity contribution is 0.102. The Kier molecular flexibility index (Phi) is 3.66. The molecule has 5 nitrogen and oxygen atoms in total. The summed E-state index contributed by atoms with van der Waals surface area (Å²) in [6.07, 6.45) is 4.99. The molecule has 0 radical (unpaired) electrons. The summed E-state index contributed by atoms with van der Waals surface area (Å²) in [5, 5.41) is 7.38. The van der Waals surface area contributed by atoms with Gasteiger partial charge in [-0.2, -0.15) is 5.10 Å². The lowest BCUT2D eigenvalue weighted by Crippen LogP contribution is -2.13. The fourth-order valence-electron chi connectivity index (χ4n) is 1.85. The Morgan fingerprint density at radius 2 is 2.10 bits per heavy atom. The molecule has 0 bridgehead atoms. The first-order chi connectivity index (χ1) is 10.2. The highest BCUT2D eigenvalue weighted by atomic mass is 35.5. The molecule has 0 saturated carbocycles. The van der Waals surface area contributed by atoms with Crippen molar-refractivity contribution in [2.75, 3.05) is 5.32 Å². The maximum atomic E-state index is 12.2. The van der Waals surface area contributed by atoms with E-state index in [9.17, 15) is 4.79 Å². The number of anilines is 1. The number of amides is 1. The van der Waals surface area contributed by atoms with Crippen LogP contribution in [-0.4, -0.2) is 20.7 Å². The van der Waals surface area contributed by atoms with Crippen LogP contribution < -0.4 is 5.32 Å². The van der Waals surface area contributed by atoms with E-state index in [1.165, 1.54) is 6.20 Å². The molecule has 0 atom stereocenters.